The lowest BCUT2D eigenvalue weighted by atomic mass is 10.1. The highest BCUT2D eigenvalue weighted by Gasteiger charge is 2.33. The summed E-state index contributed by atoms with van der Waals surface area (Å²) in [5.74, 6) is 0. The van der Waals surface area contributed by atoms with Crippen molar-refractivity contribution in [3.05, 3.63) is 4.91 Å². The van der Waals surface area contributed by atoms with E-state index in [0.717, 1.165) is 0 Å². The average molecular weight is 144 g/mol. The van der Waals surface area contributed by atoms with Crippen LogP contribution in [-0.4, -0.2) is 30.3 Å². The summed E-state index contributed by atoms with van der Waals surface area (Å²) in [5.41, 5.74) is 0. The van der Waals surface area contributed by atoms with E-state index in [1.54, 1.807) is 0 Å². The van der Waals surface area contributed by atoms with Crippen LogP contribution in [0, 0.1) is 4.91 Å². The molecule has 0 aromatic rings. The Balaban J connectivity index is 2.38. The predicted octanol–water partition coefficient (Wildman–Crippen LogP) is 0.777. The minimum atomic E-state index is 0.164. The molecule has 0 spiro atoms. The van der Waals surface area contributed by atoms with Crippen molar-refractivity contribution < 1.29 is 4.74 Å². The fraction of sp³-hybridized carbons (Fsp3) is 1.00. The summed E-state index contributed by atoms with van der Waals surface area (Å²) in [7, 11) is 0. The molecule has 1 rings (SSSR count). The molecule has 0 aromatic carbocycles. The smallest absolute Gasteiger partial charge is 0.0994 e. The van der Waals surface area contributed by atoms with Crippen molar-refractivity contribution in [3.63, 3.8) is 0 Å². The Morgan fingerprint density at radius 3 is 2.60 bits per heavy atom. The van der Waals surface area contributed by atoms with E-state index in [0.29, 0.717) is 13.2 Å². The molecular formula is C6H12N2O2. The van der Waals surface area contributed by atoms with Crippen molar-refractivity contribution in [2.75, 3.05) is 13.2 Å². The number of ether oxygens (including phenoxy) is 1. The molecule has 1 saturated heterocycles. The third-order valence-electron chi connectivity index (χ3n) is 1.88. The van der Waals surface area contributed by atoms with Crippen LogP contribution in [0.3, 0.4) is 0 Å². The molecular weight excluding hydrogens is 132 g/mol. The molecule has 10 heavy (non-hydrogen) atoms. The summed E-state index contributed by atoms with van der Waals surface area (Å²) in [6, 6.07) is 0.211. The summed E-state index contributed by atoms with van der Waals surface area (Å²) in [4.78, 5) is 10.1. The highest BCUT2D eigenvalue weighted by molar-refractivity contribution is 4.82. The van der Waals surface area contributed by atoms with Crippen LogP contribution in [0.2, 0.25) is 0 Å². The summed E-state index contributed by atoms with van der Waals surface area (Å²) in [6.07, 6.45) is 0.164. The van der Waals surface area contributed by atoms with Gasteiger partial charge in [0.2, 0.25) is 0 Å². The van der Waals surface area contributed by atoms with Gasteiger partial charge in [-0.05, 0) is 13.8 Å². The van der Waals surface area contributed by atoms with Gasteiger partial charge in [0.15, 0.2) is 0 Å². The summed E-state index contributed by atoms with van der Waals surface area (Å²) >= 11 is 0. The van der Waals surface area contributed by atoms with E-state index in [1.807, 2.05) is 13.8 Å². The Hall–Kier alpha value is -0.640. The maximum atomic E-state index is 10.1. The Bertz CT molecular complexity index is 129. The third kappa shape index (κ3) is 1.11. The Kier molecular flexibility index (Phi) is 2.21. The highest BCUT2D eigenvalue weighted by Crippen LogP contribution is 2.18. The van der Waals surface area contributed by atoms with Gasteiger partial charge in [-0.3, -0.25) is 5.01 Å². The molecule has 0 N–H and O–H groups in total. The molecule has 0 radical (unpaired) electrons. The van der Waals surface area contributed by atoms with E-state index in [4.69, 9.17) is 4.74 Å². The molecule has 4 nitrogen and oxygen atoms in total. The minimum Gasteiger partial charge on any atom is -0.374 e. The molecule has 4 heteroatoms. The first kappa shape index (κ1) is 7.47. The lowest BCUT2D eigenvalue weighted by Gasteiger charge is -2.38. The van der Waals surface area contributed by atoms with Crippen LogP contribution >= 0.6 is 0 Å². The minimum absolute atomic E-state index is 0.164. The molecule has 2 atom stereocenters. The normalized spacial score (nSPS) is 31.0. The van der Waals surface area contributed by atoms with Crippen molar-refractivity contribution in [3.8, 4) is 0 Å². The molecule has 1 aliphatic heterocycles. The quantitative estimate of drug-likeness (QED) is 0.434. The zero-order valence-electron chi connectivity index (χ0n) is 6.28. The molecule has 0 aromatic heterocycles. The van der Waals surface area contributed by atoms with E-state index in [1.165, 1.54) is 5.01 Å². The topological polar surface area (TPSA) is 41.9 Å². The standard InChI is InChI=1S/C6H12N2O2/c1-3-8(7-9)6-4-10-5(6)2/h5-6H,3-4H2,1-2H3. The molecule has 1 aliphatic rings. The van der Waals surface area contributed by atoms with Gasteiger partial charge in [0.25, 0.3) is 0 Å². The van der Waals surface area contributed by atoms with Crippen LogP contribution in [0.4, 0.5) is 0 Å². The molecule has 0 amide bonds. The van der Waals surface area contributed by atoms with Gasteiger partial charge in [0.05, 0.1) is 24.0 Å². The maximum Gasteiger partial charge on any atom is 0.0994 e. The van der Waals surface area contributed by atoms with Gasteiger partial charge in [0, 0.05) is 6.54 Å². The monoisotopic (exact) mass is 144 g/mol. The predicted molar refractivity (Wildman–Crippen MR) is 37.4 cm³/mol. The van der Waals surface area contributed by atoms with E-state index >= 15 is 0 Å². The molecule has 0 saturated carbocycles. The van der Waals surface area contributed by atoms with E-state index in [2.05, 4.69) is 5.29 Å². The fourth-order valence-corrected chi connectivity index (χ4v) is 1.06. The molecule has 1 heterocycles. The molecule has 2 unspecified atom stereocenters. The van der Waals surface area contributed by atoms with Crippen LogP contribution in [0.5, 0.6) is 0 Å². The summed E-state index contributed by atoms with van der Waals surface area (Å²) in [5, 5.41) is 4.40. The number of hydrogen-bond donors (Lipinski definition) is 0. The first-order valence-electron chi connectivity index (χ1n) is 3.51. The SMILES string of the molecule is CCN(N=O)C1COC1C. The van der Waals surface area contributed by atoms with Crippen molar-refractivity contribution in [2.24, 2.45) is 5.29 Å². The van der Waals surface area contributed by atoms with Gasteiger partial charge in [-0.1, -0.05) is 0 Å². The maximum absolute atomic E-state index is 10.1. The number of hydrogen-bond acceptors (Lipinski definition) is 3. The van der Waals surface area contributed by atoms with Crippen LogP contribution in [-0.2, 0) is 4.74 Å². The van der Waals surface area contributed by atoms with Gasteiger partial charge in [-0.15, -0.1) is 4.91 Å². The van der Waals surface area contributed by atoms with Gasteiger partial charge in [-0.2, -0.15) is 0 Å². The number of nitrogens with zero attached hydrogens (tertiary/aromatic N) is 2. The van der Waals surface area contributed by atoms with Crippen LogP contribution in [0.15, 0.2) is 5.29 Å². The zero-order valence-corrected chi connectivity index (χ0v) is 6.28. The highest BCUT2D eigenvalue weighted by atomic mass is 16.5. The molecule has 58 valence electrons. The van der Waals surface area contributed by atoms with E-state index in [-0.39, 0.29) is 12.1 Å². The van der Waals surface area contributed by atoms with Gasteiger partial charge < -0.3 is 4.74 Å². The fourth-order valence-electron chi connectivity index (χ4n) is 1.06. The van der Waals surface area contributed by atoms with Crippen molar-refractivity contribution in [1.82, 2.24) is 5.01 Å². The third-order valence-corrected chi connectivity index (χ3v) is 1.88. The summed E-state index contributed by atoms with van der Waals surface area (Å²) in [6.45, 7) is 5.16. The second-order valence-electron chi connectivity index (χ2n) is 2.44. The molecule has 0 bridgehead atoms. The van der Waals surface area contributed by atoms with E-state index < -0.39 is 0 Å². The second-order valence-corrected chi connectivity index (χ2v) is 2.44. The van der Waals surface area contributed by atoms with Gasteiger partial charge in [-0.25, -0.2) is 0 Å². The Morgan fingerprint density at radius 1 is 1.80 bits per heavy atom. The van der Waals surface area contributed by atoms with Crippen molar-refractivity contribution in [1.29, 1.82) is 0 Å². The first-order chi connectivity index (χ1) is 4.79. The van der Waals surface area contributed by atoms with Crippen LogP contribution < -0.4 is 0 Å². The van der Waals surface area contributed by atoms with Gasteiger partial charge >= 0.3 is 0 Å². The largest absolute Gasteiger partial charge is 0.374 e. The molecule has 0 aliphatic carbocycles. The number of likely N-dealkylation sites (N-methyl/N-ethyl adjacent to an activating group) is 1. The Morgan fingerprint density at radius 2 is 2.50 bits per heavy atom. The number of rotatable bonds is 3. The number of nitroso groups, excluding NO2 is 1. The van der Waals surface area contributed by atoms with Crippen LogP contribution in [0.1, 0.15) is 13.8 Å². The van der Waals surface area contributed by atoms with Crippen LogP contribution in [0.25, 0.3) is 0 Å². The van der Waals surface area contributed by atoms with Crippen molar-refractivity contribution >= 4 is 0 Å². The second kappa shape index (κ2) is 2.96. The zero-order chi connectivity index (χ0) is 7.56. The lowest BCUT2D eigenvalue weighted by Crippen LogP contribution is -2.52. The van der Waals surface area contributed by atoms with Gasteiger partial charge in [0.1, 0.15) is 0 Å². The average Bonchev–Trinajstić information content (AvgIpc) is 1.96. The summed E-state index contributed by atoms with van der Waals surface area (Å²) < 4.78 is 5.09. The Labute approximate surface area is 60.1 Å². The lowest BCUT2D eigenvalue weighted by molar-refractivity contribution is -0.123. The molecule has 1 fully saturated rings. The first-order valence-corrected chi connectivity index (χ1v) is 3.51. The van der Waals surface area contributed by atoms with Crippen molar-refractivity contribution in [2.45, 2.75) is 26.0 Å². The van der Waals surface area contributed by atoms with E-state index in [9.17, 15) is 4.91 Å².